The van der Waals surface area contributed by atoms with Gasteiger partial charge in [0.1, 0.15) is 0 Å². The van der Waals surface area contributed by atoms with Crippen molar-refractivity contribution in [1.29, 1.82) is 0 Å². The second-order valence-electron chi connectivity index (χ2n) is 5.08. The number of aliphatic hydroxyl groups is 1. The van der Waals surface area contributed by atoms with Crippen LogP contribution in [0.1, 0.15) is 29.2 Å². The summed E-state index contributed by atoms with van der Waals surface area (Å²) in [6.07, 6.45) is 2.63. The SMILES string of the molecule is CSCC(C)C(O)Cc1c(C)cc(C)cc1C. The maximum atomic E-state index is 10.2. The van der Waals surface area contributed by atoms with Crippen molar-refractivity contribution in [1.82, 2.24) is 0 Å². The van der Waals surface area contributed by atoms with Gasteiger partial charge in [0.05, 0.1) is 6.10 Å². The van der Waals surface area contributed by atoms with E-state index in [1.807, 2.05) is 0 Å². The first kappa shape index (κ1) is 14.6. The molecule has 0 saturated carbocycles. The summed E-state index contributed by atoms with van der Waals surface area (Å²) in [7, 11) is 0. The lowest BCUT2D eigenvalue weighted by Gasteiger charge is -2.20. The first-order valence-corrected chi connectivity index (χ1v) is 7.58. The van der Waals surface area contributed by atoms with Crippen LogP contribution in [0.15, 0.2) is 12.1 Å². The Balaban J connectivity index is 2.81. The first-order valence-electron chi connectivity index (χ1n) is 6.19. The summed E-state index contributed by atoms with van der Waals surface area (Å²) < 4.78 is 0. The van der Waals surface area contributed by atoms with Crippen LogP contribution in [0.3, 0.4) is 0 Å². The fourth-order valence-corrected chi connectivity index (χ4v) is 3.06. The summed E-state index contributed by atoms with van der Waals surface area (Å²) in [5.74, 6) is 1.37. The van der Waals surface area contributed by atoms with Crippen LogP contribution in [0.4, 0.5) is 0 Å². The van der Waals surface area contributed by atoms with Crippen molar-refractivity contribution in [2.24, 2.45) is 5.92 Å². The highest BCUT2D eigenvalue weighted by Crippen LogP contribution is 2.21. The van der Waals surface area contributed by atoms with E-state index >= 15 is 0 Å². The molecule has 0 spiro atoms. The van der Waals surface area contributed by atoms with Crippen LogP contribution >= 0.6 is 11.8 Å². The number of hydrogen-bond acceptors (Lipinski definition) is 2. The van der Waals surface area contributed by atoms with Crippen molar-refractivity contribution < 1.29 is 5.11 Å². The summed E-state index contributed by atoms with van der Waals surface area (Å²) in [6.45, 7) is 8.53. The van der Waals surface area contributed by atoms with Gasteiger partial charge in [-0.25, -0.2) is 0 Å². The van der Waals surface area contributed by atoms with E-state index in [1.54, 1.807) is 11.8 Å². The van der Waals surface area contributed by atoms with E-state index in [1.165, 1.54) is 22.3 Å². The molecule has 0 heterocycles. The van der Waals surface area contributed by atoms with Crippen LogP contribution in [0, 0.1) is 26.7 Å². The zero-order valence-corrected chi connectivity index (χ0v) is 12.4. The molecular weight excluding hydrogens is 228 g/mol. The summed E-state index contributed by atoms with van der Waals surface area (Å²) >= 11 is 1.80. The van der Waals surface area contributed by atoms with E-state index in [2.05, 4.69) is 46.1 Å². The Hall–Kier alpha value is -0.470. The van der Waals surface area contributed by atoms with Crippen molar-refractivity contribution in [3.63, 3.8) is 0 Å². The van der Waals surface area contributed by atoms with Gasteiger partial charge in [-0.1, -0.05) is 24.6 Å². The lowest BCUT2D eigenvalue weighted by atomic mass is 9.92. The second-order valence-corrected chi connectivity index (χ2v) is 5.99. The van der Waals surface area contributed by atoms with E-state index in [4.69, 9.17) is 0 Å². The molecule has 1 nitrogen and oxygen atoms in total. The van der Waals surface area contributed by atoms with Crippen molar-refractivity contribution in [2.45, 2.75) is 40.2 Å². The smallest absolute Gasteiger partial charge is 0.0614 e. The standard InChI is InChI=1S/C15H24OS/c1-10-6-11(2)14(12(3)7-10)8-15(16)13(4)9-17-5/h6-7,13,15-16H,8-9H2,1-5H3. The fourth-order valence-electron chi connectivity index (χ4n) is 2.32. The molecule has 1 N–H and O–H groups in total. The monoisotopic (exact) mass is 252 g/mol. The molecule has 17 heavy (non-hydrogen) atoms. The maximum Gasteiger partial charge on any atom is 0.0614 e. The Morgan fingerprint density at radius 3 is 2.18 bits per heavy atom. The zero-order chi connectivity index (χ0) is 13.0. The van der Waals surface area contributed by atoms with Gasteiger partial charge in [0, 0.05) is 0 Å². The van der Waals surface area contributed by atoms with Crippen LogP contribution in [0.5, 0.6) is 0 Å². The number of aliphatic hydroxyl groups excluding tert-OH is 1. The molecule has 0 saturated heterocycles. The zero-order valence-electron chi connectivity index (χ0n) is 11.6. The number of thioether (sulfide) groups is 1. The largest absolute Gasteiger partial charge is 0.392 e. The highest BCUT2D eigenvalue weighted by molar-refractivity contribution is 7.98. The third-order valence-electron chi connectivity index (χ3n) is 3.34. The minimum atomic E-state index is -0.234. The van der Waals surface area contributed by atoms with Crippen molar-refractivity contribution in [3.8, 4) is 0 Å². The molecule has 0 aliphatic heterocycles. The van der Waals surface area contributed by atoms with Gasteiger partial charge >= 0.3 is 0 Å². The van der Waals surface area contributed by atoms with Gasteiger partial charge in [-0.2, -0.15) is 11.8 Å². The van der Waals surface area contributed by atoms with Gasteiger partial charge in [0.15, 0.2) is 0 Å². The highest BCUT2D eigenvalue weighted by atomic mass is 32.2. The van der Waals surface area contributed by atoms with Gasteiger partial charge in [-0.3, -0.25) is 0 Å². The van der Waals surface area contributed by atoms with E-state index in [0.29, 0.717) is 5.92 Å². The van der Waals surface area contributed by atoms with Gasteiger partial charge in [0.2, 0.25) is 0 Å². The maximum absolute atomic E-state index is 10.2. The number of hydrogen-bond donors (Lipinski definition) is 1. The Bertz CT molecular complexity index is 350. The second kappa shape index (κ2) is 6.46. The number of rotatable bonds is 5. The first-order chi connectivity index (χ1) is 7.95. The summed E-state index contributed by atoms with van der Waals surface area (Å²) in [4.78, 5) is 0. The molecule has 0 fully saturated rings. The molecule has 2 atom stereocenters. The highest BCUT2D eigenvalue weighted by Gasteiger charge is 2.16. The van der Waals surface area contributed by atoms with Gasteiger partial charge in [0.25, 0.3) is 0 Å². The summed E-state index contributed by atoms with van der Waals surface area (Å²) in [6, 6.07) is 4.41. The van der Waals surface area contributed by atoms with E-state index in [-0.39, 0.29) is 6.10 Å². The molecule has 96 valence electrons. The molecule has 0 aliphatic rings. The summed E-state index contributed by atoms with van der Waals surface area (Å²) in [5.41, 5.74) is 5.22. The molecule has 0 bridgehead atoms. The minimum absolute atomic E-state index is 0.234. The minimum Gasteiger partial charge on any atom is -0.392 e. The van der Waals surface area contributed by atoms with E-state index < -0.39 is 0 Å². The normalized spacial score (nSPS) is 14.7. The Kier molecular flexibility index (Phi) is 5.54. The Morgan fingerprint density at radius 1 is 1.18 bits per heavy atom. The Labute approximate surface area is 110 Å². The predicted octanol–water partition coefficient (Wildman–Crippen LogP) is 3.51. The van der Waals surface area contributed by atoms with Gasteiger partial charge < -0.3 is 5.11 Å². The average molecular weight is 252 g/mol. The van der Waals surface area contributed by atoms with Crippen LogP contribution in [-0.2, 0) is 6.42 Å². The topological polar surface area (TPSA) is 20.2 Å². The molecule has 0 aliphatic carbocycles. The van der Waals surface area contributed by atoms with Crippen LogP contribution < -0.4 is 0 Å². The quantitative estimate of drug-likeness (QED) is 0.865. The number of aryl methyl sites for hydroxylation is 3. The molecule has 1 aromatic carbocycles. The third kappa shape index (κ3) is 4.04. The fraction of sp³-hybridized carbons (Fsp3) is 0.600. The Morgan fingerprint density at radius 2 is 1.71 bits per heavy atom. The lowest BCUT2D eigenvalue weighted by Crippen LogP contribution is -2.23. The van der Waals surface area contributed by atoms with E-state index in [9.17, 15) is 5.11 Å². The molecule has 0 amide bonds. The lowest BCUT2D eigenvalue weighted by molar-refractivity contribution is 0.127. The molecule has 0 aromatic heterocycles. The van der Waals surface area contributed by atoms with Crippen molar-refractivity contribution in [3.05, 3.63) is 34.4 Å². The third-order valence-corrected chi connectivity index (χ3v) is 4.20. The molecular formula is C15H24OS. The van der Waals surface area contributed by atoms with Gasteiger partial charge in [-0.15, -0.1) is 0 Å². The van der Waals surface area contributed by atoms with Crippen molar-refractivity contribution in [2.75, 3.05) is 12.0 Å². The van der Waals surface area contributed by atoms with E-state index in [0.717, 1.165) is 12.2 Å². The molecule has 1 aromatic rings. The van der Waals surface area contributed by atoms with Crippen molar-refractivity contribution >= 4 is 11.8 Å². The van der Waals surface area contributed by atoms with Gasteiger partial charge in [-0.05, 0) is 61.8 Å². The van der Waals surface area contributed by atoms with Crippen LogP contribution in [0.25, 0.3) is 0 Å². The van der Waals surface area contributed by atoms with Crippen LogP contribution in [-0.4, -0.2) is 23.2 Å². The number of benzene rings is 1. The average Bonchev–Trinajstić information content (AvgIpc) is 2.23. The van der Waals surface area contributed by atoms with Crippen LogP contribution in [0.2, 0.25) is 0 Å². The molecule has 2 heteroatoms. The molecule has 2 unspecified atom stereocenters. The predicted molar refractivity (Wildman–Crippen MR) is 77.9 cm³/mol. The summed E-state index contributed by atoms with van der Waals surface area (Å²) in [5, 5.41) is 10.2. The molecule has 1 rings (SSSR count). The molecule has 0 radical (unpaired) electrons.